The molecule has 0 saturated heterocycles. The van der Waals surface area contributed by atoms with Gasteiger partial charge in [0.05, 0.1) is 11.0 Å². The van der Waals surface area contributed by atoms with Gasteiger partial charge in [-0.05, 0) is 49.0 Å². The first-order chi connectivity index (χ1) is 8.25. The second kappa shape index (κ2) is 3.86. The molecule has 2 nitrogen and oxygen atoms in total. The summed E-state index contributed by atoms with van der Waals surface area (Å²) in [5.41, 5.74) is 4.52. The zero-order valence-corrected chi connectivity index (χ0v) is 10.3. The van der Waals surface area contributed by atoms with Crippen LogP contribution in [0.5, 0.6) is 0 Å². The van der Waals surface area contributed by atoms with E-state index in [0.717, 1.165) is 21.5 Å². The molecule has 0 spiro atoms. The van der Waals surface area contributed by atoms with Crippen molar-refractivity contribution in [3.05, 3.63) is 58.9 Å². The van der Waals surface area contributed by atoms with Crippen molar-refractivity contribution in [1.29, 1.82) is 0 Å². The number of nitrogens with zero attached hydrogens (tertiary/aromatic N) is 1. The summed E-state index contributed by atoms with van der Waals surface area (Å²) in [6, 6.07) is 16.5. The van der Waals surface area contributed by atoms with Crippen LogP contribution in [-0.4, -0.2) is 9.55 Å². The fourth-order valence-electron chi connectivity index (χ4n) is 2.05. The largest absolute Gasteiger partial charge is 0.330 e. The van der Waals surface area contributed by atoms with E-state index in [9.17, 15) is 0 Å². The van der Waals surface area contributed by atoms with Crippen molar-refractivity contribution < 1.29 is 0 Å². The Balaban J connectivity index is 2.40. The smallest absolute Gasteiger partial charge is 0.182 e. The number of fused-ring (bicyclic) bond motifs is 1. The Hall–Kier alpha value is -1.87. The molecular weight excluding hydrogens is 228 g/mol. The maximum atomic E-state index is 5.39. The topological polar surface area (TPSA) is 20.7 Å². The van der Waals surface area contributed by atoms with E-state index >= 15 is 0 Å². The minimum Gasteiger partial charge on any atom is -0.330 e. The fourth-order valence-corrected chi connectivity index (χ4v) is 2.36. The molecule has 1 aromatic heterocycles. The Labute approximate surface area is 105 Å². The van der Waals surface area contributed by atoms with Crippen LogP contribution < -0.4 is 0 Å². The predicted octanol–water partition coefficient (Wildman–Crippen LogP) is 4.00. The quantitative estimate of drug-likeness (QED) is 0.638. The van der Waals surface area contributed by atoms with Gasteiger partial charge < -0.3 is 4.98 Å². The highest BCUT2D eigenvalue weighted by Gasteiger charge is 2.05. The molecule has 0 fully saturated rings. The minimum atomic E-state index is 0.733. The molecule has 0 aliphatic carbocycles. The third-order valence-electron chi connectivity index (χ3n) is 2.85. The molecule has 3 heteroatoms. The highest BCUT2D eigenvalue weighted by Crippen LogP contribution is 2.20. The van der Waals surface area contributed by atoms with Gasteiger partial charge in [0.15, 0.2) is 4.77 Å². The molecular formula is C14H12N2S. The summed E-state index contributed by atoms with van der Waals surface area (Å²) in [6.45, 7) is 2.09. The van der Waals surface area contributed by atoms with Crippen LogP contribution in [0.15, 0.2) is 48.5 Å². The molecule has 2 aromatic carbocycles. The van der Waals surface area contributed by atoms with Crippen LogP contribution in [0, 0.1) is 11.7 Å². The van der Waals surface area contributed by atoms with Gasteiger partial charge in [-0.25, -0.2) is 0 Å². The van der Waals surface area contributed by atoms with Gasteiger partial charge in [0.2, 0.25) is 0 Å². The SMILES string of the molecule is Cc1ccc2[nH]c(=S)n(-c3ccccc3)c2c1. The Morgan fingerprint density at radius 2 is 1.82 bits per heavy atom. The summed E-state index contributed by atoms with van der Waals surface area (Å²) in [7, 11) is 0. The number of benzene rings is 2. The highest BCUT2D eigenvalue weighted by molar-refractivity contribution is 7.71. The Morgan fingerprint density at radius 3 is 2.59 bits per heavy atom. The second-order valence-electron chi connectivity index (χ2n) is 4.12. The molecule has 0 aliphatic heterocycles. The number of rotatable bonds is 1. The van der Waals surface area contributed by atoms with Gasteiger partial charge in [0.1, 0.15) is 0 Å². The van der Waals surface area contributed by atoms with Crippen LogP contribution in [0.3, 0.4) is 0 Å². The lowest BCUT2D eigenvalue weighted by Gasteiger charge is -2.04. The van der Waals surface area contributed by atoms with Crippen molar-refractivity contribution in [2.45, 2.75) is 6.92 Å². The number of aromatic amines is 1. The molecule has 0 radical (unpaired) electrons. The van der Waals surface area contributed by atoms with E-state index in [1.54, 1.807) is 0 Å². The lowest BCUT2D eigenvalue weighted by molar-refractivity contribution is 1.06. The third kappa shape index (κ3) is 1.68. The first-order valence-electron chi connectivity index (χ1n) is 5.52. The first kappa shape index (κ1) is 10.3. The summed E-state index contributed by atoms with van der Waals surface area (Å²) in [4.78, 5) is 3.23. The number of aryl methyl sites for hydroxylation is 1. The zero-order valence-electron chi connectivity index (χ0n) is 9.47. The normalized spacial score (nSPS) is 10.9. The van der Waals surface area contributed by atoms with Crippen molar-refractivity contribution >= 4 is 23.3 Å². The maximum absolute atomic E-state index is 5.39. The summed E-state index contributed by atoms with van der Waals surface area (Å²) >= 11 is 5.39. The van der Waals surface area contributed by atoms with Crippen LogP contribution in [0.1, 0.15) is 5.56 Å². The lowest BCUT2D eigenvalue weighted by atomic mass is 10.2. The van der Waals surface area contributed by atoms with Crippen molar-refractivity contribution in [2.75, 3.05) is 0 Å². The van der Waals surface area contributed by atoms with E-state index in [0.29, 0.717) is 0 Å². The molecule has 1 heterocycles. The number of aromatic nitrogens is 2. The maximum Gasteiger partial charge on any atom is 0.182 e. The monoisotopic (exact) mass is 240 g/mol. The van der Waals surface area contributed by atoms with E-state index in [-0.39, 0.29) is 0 Å². The summed E-state index contributed by atoms with van der Waals surface area (Å²) in [6.07, 6.45) is 0. The van der Waals surface area contributed by atoms with E-state index in [1.165, 1.54) is 5.56 Å². The van der Waals surface area contributed by atoms with Crippen LogP contribution in [0.2, 0.25) is 0 Å². The number of hydrogen-bond donors (Lipinski definition) is 1. The van der Waals surface area contributed by atoms with Crippen molar-refractivity contribution in [3.8, 4) is 5.69 Å². The number of nitrogens with one attached hydrogen (secondary N) is 1. The second-order valence-corrected chi connectivity index (χ2v) is 4.51. The average molecular weight is 240 g/mol. The van der Waals surface area contributed by atoms with Crippen molar-refractivity contribution in [1.82, 2.24) is 9.55 Å². The number of para-hydroxylation sites is 1. The highest BCUT2D eigenvalue weighted by atomic mass is 32.1. The molecule has 84 valence electrons. The summed E-state index contributed by atoms with van der Waals surface area (Å²) < 4.78 is 2.80. The van der Waals surface area contributed by atoms with E-state index < -0.39 is 0 Å². The average Bonchev–Trinajstić information content (AvgIpc) is 2.65. The third-order valence-corrected chi connectivity index (χ3v) is 3.14. The van der Waals surface area contributed by atoms with Gasteiger partial charge in [-0.15, -0.1) is 0 Å². The van der Waals surface area contributed by atoms with Crippen LogP contribution in [-0.2, 0) is 0 Å². The number of imidazole rings is 1. The molecule has 0 bridgehead atoms. The Kier molecular flexibility index (Phi) is 2.34. The van der Waals surface area contributed by atoms with Gasteiger partial charge in [-0.3, -0.25) is 4.57 Å². The summed E-state index contributed by atoms with van der Waals surface area (Å²) in [5.74, 6) is 0. The van der Waals surface area contributed by atoms with Gasteiger partial charge in [0.25, 0.3) is 0 Å². The lowest BCUT2D eigenvalue weighted by Crippen LogP contribution is -1.93. The van der Waals surface area contributed by atoms with E-state index in [1.807, 2.05) is 18.2 Å². The van der Waals surface area contributed by atoms with Gasteiger partial charge in [-0.2, -0.15) is 0 Å². The fraction of sp³-hybridized carbons (Fsp3) is 0.0714. The molecule has 0 saturated carbocycles. The zero-order chi connectivity index (χ0) is 11.8. The van der Waals surface area contributed by atoms with Gasteiger partial charge >= 0.3 is 0 Å². The standard InChI is InChI=1S/C14H12N2S/c1-10-7-8-12-13(9-10)16(14(17)15-12)11-5-3-2-4-6-11/h2-9H,1H3,(H,15,17). The Morgan fingerprint density at radius 1 is 1.06 bits per heavy atom. The molecule has 0 unspecified atom stereocenters. The van der Waals surface area contributed by atoms with Crippen molar-refractivity contribution in [3.63, 3.8) is 0 Å². The molecule has 17 heavy (non-hydrogen) atoms. The van der Waals surface area contributed by atoms with E-state index in [2.05, 4.69) is 46.8 Å². The molecule has 1 N–H and O–H groups in total. The number of H-pyrrole nitrogens is 1. The van der Waals surface area contributed by atoms with Gasteiger partial charge in [0, 0.05) is 5.69 Å². The van der Waals surface area contributed by atoms with Crippen LogP contribution in [0.4, 0.5) is 0 Å². The number of hydrogen-bond acceptors (Lipinski definition) is 1. The first-order valence-corrected chi connectivity index (χ1v) is 5.93. The molecule has 3 aromatic rings. The van der Waals surface area contributed by atoms with Crippen molar-refractivity contribution in [2.24, 2.45) is 0 Å². The molecule has 0 aliphatic rings. The molecule has 0 atom stereocenters. The molecule has 0 amide bonds. The molecule has 3 rings (SSSR count). The van der Waals surface area contributed by atoms with Crippen LogP contribution in [0.25, 0.3) is 16.7 Å². The van der Waals surface area contributed by atoms with Gasteiger partial charge in [-0.1, -0.05) is 24.3 Å². The predicted molar refractivity (Wildman–Crippen MR) is 73.2 cm³/mol. The Bertz CT molecular complexity index is 723. The van der Waals surface area contributed by atoms with Crippen LogP contribution >= 0.6 is 12.2 Å². The van der Waals surface area contributed by atoms with E-state index in [4.69, 9.17) is 12.2 Å². The summed E-state index contributed by atoms with van der Waals surface area (Å²) in [5, 5.41) is 0. The minimum absolute atomic E-state index is 0.733.